The van der Waals surface area contributed by atoms with Gasteiger partial charge in [-0.15, -0.1) is 26.3 Å². The second-order valence-electron chi connectivity index (χ2n) is 14.4. The summed E-state index contributed by atoms with van der Waals surface area (Å²) in [6, 6.07) is 27.6. The molecule has 55 heavy (non-hydrogen) atoms. The van der Waals surface area contributed by atoms with E-state index in [0.717, 1.165) is 11.1 Å². The molecule has 0 aliphatic heterocycles. The predicted molar refractivity (Wildman–Crippen MR) is 204 cm³/mol. The topological polar surface area (TPSA) is 101 Å². The molecular weight excluding hydrogens is 765 g/mol. The lowest BCUT2D eigenvalue weighted by Crippen LogP contribution is -2.48. The van der Waals surface area contributed by atoms with Gasteiger partial charge in [0.05, 0.1) is 44.2 Å². The number of nitriles is 1. The third kappa shape index (κ3) is 13.6. The van der Waals surface area contributed by atoms with Crippen LogP contribution in [0.4, 0.5) is 26.3 Å². The lowest BCUT2D eigenvalue weighted by Gasteiger charge is -2.36. The van der Waals surface area contributed by atoms with Crippen LogP contribution in [0.3, 0.4) is 0 Å². The summed E-state index contributed by atoms with van der Waals surface area (Å²) in [5, 5.41) is 9.57. The van der Waals surface area contributed by atoms with E-state index in [0.29, 0.717) is 28.0 Å². The fraction of sp³-hybridized carbons (Fsp3) is 0.350. The molecular formula is C40H43F6N3O4S2. The number of hydrogen-bond donors (Lipinski definition) is 1. The first-order valence-corrected chi connectivity index (χ1v) is 19.0. The van der Waals surface area contributed by atoms with Crippen LogP contribution < -0.4 is 14.2 Å². The van der Waals surface area contributed by atoms with Crippen molar-refractivity contribution in [1.29, 1.82) is 5.26 Å². The average molecular weight is 808 g/mol. The molecule has 4 aromatic rings. The van der Waals surface area contributed by atoms with Gasteiger partial charge in [0, 0.05) is 11.1 Å². The van der Waals surface area contributed by atoms with Gasteiger partial charge in [0.15, 0.2) is 0 Å². The number of nitrogens with one attached hydrogen (secondary N) is 1. The van der Waals surface area contributed by atoms with Crippen LogP contribution >= 0.6 is 0 Å². The molecule has 15 heteroatoms. The number of nitrogens with zero attached hydrogens (tertiary/aromatic N) is 2. The maximum absolute atomic E-state index is 13.0. The maximum Gasteiger partial charge on any atom is 0.573 e. The number of halogens is 6. The molecule has 0 saturated heterocycles. The Morgan fingerprint density at radius 3 is 1.60 bits per heavy atom. The van der Waals surface area contributed by atoms with Gasteiger partial charge in [0.2, 0.25) is 0 Å². The van der Waals surface area contributed by atoms with Crippen LogP contribution in [0.2, 0.25) is 0 Å². The Kier molecular flexibility index (Phi) is 14.6. The van der Waals surface area contributed by atoms with Crippen LogP contribution in [0.1, 0.15) is 81.3 Å². The highest BCUT2D eigenvalue weighted by molar-refractivity contribution is 7.85. The van der Waals surface area contributed by atoms with Crippen molar-refractivity contribution >= 4 is 27.7 Å². The number of ether oxygens (including phenoxy) is 2. The molecule has 296 valence electrons. The molecule has 0 aromatic heterocycles. The van der Waals surface area contributed by atoms with Crippen molar-refractivity contribution in [1.82, 2.24) is 4.72 Å². The Bertz CT molecular complexity index is 2070. The van der Waals surface area contributed by atoms with E-state index in [4.69, 9.17) is 0 Å². The van der Waals surface area contributed by atoms with Gasteiger partial charge in [-0.05, 0) is 96.8 Å². The Morgan fingerprint density at radius 1 is 0.673 bits per heavy atom. The van der Waals surface area contributed by atoms with Crippen molar-refractivity contribution in [3.63, 3.8) is 0 Å². The number of rotatable bonds is 10. The van der Waals surface area contributed by atoms with Crippen LogP contribution in [0.15, 0.2) is 101 Å². The van der Waals surface area contributed by atoms with Gasteiger partial charge < -0.3 is 9.47 Å². The maximum atomic E-state index is 13.0. The minimum atomic E-state index is -4.85. The minimum absolute atomic E-state index is 0.145. The number of aryl methyl sites for hydroxylation is 2. The second kappa shape index (κ2) is 18.0. The molecule has 0 fully saturated rings. The second-order valence-corrected chi connectivity index (χ2v) is 18.3. The van der Waals surface area contributed by atoms with Gasteiger partial charge in [-0.1, -0.05) is 77.9 Å². The minimum Gasteiger partial charge on any atom is -0.406 e. The molecule has 0 amide bonds. The van der Waals surface area contributed by atoms with Crippen molar-refractivity contribution in [2.75, 3.05) is 0 Å². The van der Waals surface area contributed by atoms with Crippen molar-refractivity contribution in [2.45, 2.75) is 89.6 Å². The van der Waals surface area contributed by atoms with Crippen molar-refractivity contribution in [3.8, 4) is 17.6 Å². The fourth-order valence-electron chi connectivity index (χ4n) is 4.95. The Labute approximate surface area is 323 Å². The van der Waals surface area contributed by atoms with Crippen LogP contribution in [0, 0.1) is 25.2 Å². The van der Waals surface area contributed by atoms with E-state index in [9.17, 15) is 40.0 Å². The predicted octanol–water partition coefficient (Wildman–Crippen LogP) is 10.3. The summed E-state index contributed by atoms with van der Waals surface area (Å²) >= 11 is 0. The molecule has 3 atom stereocenters. The summed E-state index contributed by atoms with van der Waals surface area (Å²) in [7, 11) is -3.18. The third-order valence-corrected chi connectivity index (χ3v) is 10.6. The molecule has 4 rings (SSSR count). The summed E-state index contributed by atoms with van der Waals surface area (Å²) in [5.74, 6) is -0.759. The summed E-state index contributed by atoms with van der Waals surface area (Å²) in [5.41, 5.74) is 2.97. The average Bonchev–Trinajstić information content (AvgIpc) is 3.05. The molecule has 7 nitrogen and oxygen atoms in total. The van der Waals surface area contributed by atoms with Crippen LogP contribution in [0.25, 0.3) is 0 Å². The summed E-state index contributed by atoms with van der Waals surface area (Å²) in [6.07, 6.45) is -9.78. The van der Waals surface area contributed by atoms with Gasteiger partial charge in [0.25, 0.3) is 0 Å². The van der Waals surface area contributed by atoms with Gasteiger partial charge in [-0.3, -0.25) is 0 Å². The third-order valence-electron chi connectivity index (χ3n) is 7.57. The van der Waals surface area contributed by atoms with E-state index in [1.807, 2.05) is 44.2 Å². The quantitative estimate of drug-likeness (QED) is 0.127. The lowest BCUT2D eigenvalue weighted by atomic mass is 9.81. The van der Waals surface area contributed by atoms with Gasteiger partial charge in [0.1, 0.15) is 22.5 Å². The molecule has 0 radical (unpaired) electrons. The molecule has 0 heterocycles. The molecule has 0 aliphatic rings. The first-order chi connectivity index (χ1) is 25.3. The fourth-order valence-corrected chi connectivity index (χ4v) is 6.53. The van der Waals surface area contributed by atoms with E-state index in [-0.39, 0.29) is 12.2 Å². The molecule has 1 unspecified atom stereocenters. The van der Waals surface area contributed by atoms with Crippen LogP contribution in [-0.4, -0.2) is 36.3 Å². The monoisotopic (exact) mass is 807 g/mol. The molecule has 0 aliphatic carbocycles. The Hall–Kier alpha value is -4.52. The Morgan fingerprint density at radius 2 is 1.13 bits per heavy atom. The van der Waals surface area contributed by atoms with Gasteiger partial charge in [-0.25, -0.2) is 13.1 Å². The molecule has 4 aromatic carbocycles. The number of hydrogen-bond acceptors (Lipinski definition) is 5. The highest BCUT2D eigenvalue weighted by atomic mass is 32.2. The van der Waals surface area contributed by atoms with Crippen molar-refractivity contribution in [2.24, 2.45) is 4.40 Å². The van der Waals surface area contributed by atoms with Gasteiger partial charge >= 0.3 is 12.7 Å². The van der Waals surface area contributed by atoms with Crippen LogP contribution in [-0.2, 0) is 27.5 Å². The van der Waals surface area contributed by atoms with E-state index in [1.54, 1.807) is 71.9 Å². The normalized spacial score (nSPS) is 14.7. The molecule has 1 N–H and O–H groups in total. The molecule has 0 bridgehead atoms. The van der Waals surface area contributed by atoms with Crippen molar-refractivity contribution in [3.05, 3.63) is 130 Å². The standard InChI is InChI=1S/C21H23F3N2O2S.C19H20F3NO2S/c1-15-7-5-8-16(13-15)20(11-12-25,26-29(27)19(2,3)4)17-9-6-10-18(14-17)28-21(22,23)24;1-13-7-5-8-14(11-13)17(23-26(24)18(2,3)4)15-9-6-10-16(12-15)25-19(20,21)22/h5-10,13-14,26H,11H2,1-4H3;5-12H,1-4H3/t20?,29-;26-/m11/s1. The first-order valence-electron chi connectivity index (χ1n) is 16.8. The summed E-state index contributed by atoms with van der Waals surface area (Å²) in [6.45, 7) is 14.4. The molecule has 0 saturated carbocycles. The number of alkyl halides is 6. The SMILES string of the molecule is Cc1cccc(C(=N[S@](=O)C(C)(C)C)c2cccc(OC(F)(F)F)c2)c1.Cc1cccc(C(CC#N)(N[S@](=O)C(C)(C)C)c2cccc(OC(F)(F)F)c2)c1. The van der Waals surface area contributed by atoms with E-state index in [2.05, 4.69) is 24.7 Å². The highest BCUT2D eigenvalue weighted by Gasteiger charge is 2.40. The van der Waals surface area contributed by atoms with Crippen LogP contribution in [0.5, 0.6) is 11.5 Å². The van der Waals surface area contributed by atoms with Gasteiger partial charge in [-0.2, -0.15) is 9.66 Å². The van der Waals surface area contributed by atoms with E-state index >= 15 is 0 Å². The lowest BCUT2D eigenvalue weighted by molar-refractivity contribution is -0.275. The zero-order valence-corrected chi connectivity index (χ0v) is 33.2. The zero-order chi connectivity index (χ0) is 41.4. The van der Waals surface area contributed by atoms with Crippen molar-refractivity contribution < 1.29 is 44.2 Å². The summed E-state index contributed by atoms with van der Waals surface area (Å²) < 4.78 is 115. The molecule has 0 spiro atoms. The highest BCUT2D eigenvalue weighted by Crippen LogP contribution is 2.37. The Balaban J connectivity index is 0.000000297. The zero-order valence-electron chi connectivity index (χ0n) is 31.6. The van der Waals surface area contributed by atoms with E-state index < -0.39 is 55.5 Å². The largest absolute Gasteiger partial charge is 0.573 e. The first kappa shape index (κ1) is 44.9. The number of benzene rings is 4. The smallest absolute Gasteiger partial charge is 0.406 e. The summed E-state index contributed by atoms with van der Waals surface area (Å²) in [4.78, 5) is 0. The van der Waals surface area contributed by atoms with E-state index in [1.165, 1.54) is 36.4 Å².